The normalized spacial score (nSPS) is 9.78. The molecule has 0 unspecified atom stereocenters. The maximum Gasteiger partial charge on any atom is 0.305 e. The third-order valence-electron chi connectivity index (χ3n) is 2.03. The zero-order valence-corrected chi connectivity index (χ0v) is 10.0. The maximum atomic E-state index is 10.2. The van der Waals surface area contributed by atoms with Gasteiger partial charge in [0.25, 0.3) is 0 Å². The second-order valence-corrected chi connectivity index (χ2v) is 3.47. The van der Waals surface area contributed by atoms with E-state index in [1.807, 2.05) is 6.07 Å². The van der Waals surface area contributed by atoms with Gasteiger partial charge in [0.2, 0.25) is 0 Å². The van der Waals surface area contributed by atoms with Crippen LogP contribution in [0.25, 0.3) is 0 Å². The van der Waals surface area contributed by atoms with Gasteiger partial charge >= 0.3 is 5.97 Å². The molecule has 96 valence electrons. The molecular weight excluding hydrogens is 236 g/mol. The third-order valence-corrected chi connectivity index (χ3v) is 2.03. The van der Waals surface area contributed by atoms with Crippen molar-refractivity contribution in [2.24, 2.45) is 0 Å². The van der Waals surface area contributed by atoms with Gasteiger partial charge in [0, 0.05) is 6.54 Å². The number of nitrogens with zero attached hydrogens (tertiary/aromatic N) is 3. The summed E-state index contributed by atoms with van der Waals surface area (Å²) in [4.78, 5) is 18.2. The summed E-state index contributed by atoms with van der Waals surface area (Å²) >= 11 is 0. The fraction of sp³-hybridized carbons (Fsp3) is 0.455. The molecule has 0 atom stereocenters. The number of hydrogen-bond acceptors (Lipinski definition) is 6. The zero-order chi connectivity index (χ0) is 13.4. The summed E-state index contributed by atoms with van der Waals surface area (Å²) in [5, 5.41) is 20.2. The van der Waals surface area contributed by atoms with E-state index in [-0.39, 0.29) is 13.0 Å². The van der Waals surface area contributed by atoms with Crippen molar-refractivity contribution in [3.05, 3.63) is 17.6 Å². The first-order valence-corrected chi connectivity index (χ1v) is 5.40. The van der Waals surface area contributed by atoms with Crippen molar-refractivity contribution in [1.82, 2.24) is 9.97 Å². The van der Waals surface area contributed by atoms with E-state index in [2.05, 4.69) is 15.3 Å². The monoisotopic (exact) mass is 250 g/mol. The van der Waals surface area contributed by atoms with E-state index in [4.69, 9.17) is 15.1 Å². The molecule has 0 aliphatic heterocycles. The zero-order valence-electron chi connectivity index (χ0n) is 10.0. The van der Waals surface area contributed by atoms with Gasteiger partial charge in [-0.15, -0.1) is 0 Å². The van der Waals surface area contributed by atoms with E-state index in [1.54, 1.807) is 6.92 Å². The Balaban J connectivity index is 2.33. The highest BCUT2D eigenvalue weighted by atomic mass is 16.5. The predicted octanol–water partition coefficient (Wildman–Crippen LogP) is 0.560. The van der Waals surface area contributed by atoms with Crippen LogP contribution in [-0.4, -0.2) is 40.8 Å². The van der Waals surface area contributed by atoms with E-state index in [9.17, 15) is 4.79 Å². The largest absolute Gasteiger partial charge is 0.481 e. The minimum absolute atomic E-state index is 0.0178. The topological polar surface area (TPSA) is 108 Å². The molecule has 0 saturated carbocycles. The molecular formula is C11H14N4O3. The van der Waals surface area contributed by atoms with Gasteiger partial charge in [-0.3, -0.25) is 4.79 Å². The molecule has 1 aromatic rings. The highest BCUT2D eigenvalue weighted by Gasteiger charge is 2.04. The first kappa shape index (κ1) is 13.9. The van der Waals surface area contributed by atoms with Gasteiger partial charge in [-0.05, 0) is 6.92 Å². The third kappa shape index (κ3) is 4.76. The molecule has 1 rings (SSSR count). The number of carbonyl (C=O) groups is 1. The first-order chi connectivity index (χ1) is 8.63. The van der Waals surface area contributed by atoms with Crippen molar-refractivity contribution in [3.63, 3.8) is 0 Å². The van der Waals surface area contributed by atoms with Gasteiger partial charge in [-0.1, -0.05) is 0 Å². The van der Waals surface area contributed by atoms with Crippen LogP contribution in [0.15, 0.2) is 6.20 Å². The second kappa shape index (κ2) is 7.19. The highest BCUT2D eigenvalue weighted by Crippen LogP contribution is 2.09. The molecule has 1 heterocycles. The summed E-state index contributed by atoms with van der Waals surface area (Å²) in [5.41, 5.74) is 0.367. The van der Waals surface area contributed by atoms with Crippen LogP contribution in [0.4, 0.5) is 5.82 Å². The number of anilines is 1. The van der Waals surface area contributed by atoms with Crippen LogP contribution >= 0.6 is 0 Å². The van der Waals surface area contributed by atoms with Crippen molar-refractivity contribution in [1.29, 1.82) is 5.26 Å². The standard InChI is InChI=1S/C11H14N4O3/c1-8-14-7-9(6-12)11(15-8)13-3-5-18-4-2-10(16)17/h7H,2-5H2,1H3,(H,16,17)(H,13,14,15). The lowest BCUT2D eigenvalue weighted by Crippen LogP contribution is -2.13. The lowest BCUT2D eigenvalue weighted by atomic mass is 10.3. The average molecular weight is 250 g/mol. The molecule has 0 spiro atoms. The Morgan fingerprint density at radius 3 is 3.06 bits per heavy atom. The number of aryl methyl sites for hydroxylation is 1. The number of hydrogen-bond donors (Lipinski definition) is 2. The molecule has 18 heavy (non-hydrogen) atoms. The average Bonchev–Trinajstić information content (AvgIpc) is 2.33. The van der Waals surface area contributed by atoms with E-state index in [0.29, 0.717) is 30.4 Å². The van der Waals surface area contributed by atoms with E-state index >= 15 is 0 Å². The number of nitrogens with one attached hydrogen (secondary N) is 1. The lowest BCUT2D eigenvalue weighted by Gasteiger charge is -2.07. The minimum atomic E-state index is -0.888. The highest BCUT2D eigenvalue weighted by molar-refractivity contribution is 5.66. The number of carboxylic acids is 1. The Morgan fingerprint density at radius 1 is 1.61 bits per heavy atom. The van der Waals surface area contributed by atoms with Crippen molar-refractivity contribution < 1.29 is 14.6 Å². The van der Waals surface area contributed by atoms with Gasteiger partial charge in [0.1, 0.15) is 23.3 Å². The maximum absolute atomic E-state index is 10.2. The van der Waals surface area contributed by atoms with Crippen LogP contribution in [0.3, 0.4) is 0 Å². The smallest absolute Gasteiger partial charge is 0.305 e. The molecule has 2 N–H and O–H groups in total. The van der Waals surface area contributed by atoms with Crippen LogP contribution in [0, 0.1) is 18.3 Å². The van der Waals surface area contributed by atoms with Crippen molar-refractivity contribution in [2.75, 3.05) is 25.1 Å². The summed E-state index contributed by atoms with van der Waals surface area (Å²) in [5.74, 6) is 0.149. The Bertz CT molecular complexity index is 456. The van der Waals surface area contributed by atoms with Crippen LogP contribution in [0.2, 0.25) is 0 Å². The van der Waals surface area contributed by atoms with Gasteiger partial charge in [-0.25, -0.2) is 9.97 Å². The Hall–Kier alpha value is -2.20. The predicted molar refractivity (Wildman–Crippen MR) is 63.0 cm³/mol. The summed E-state index contributed by atoms with van der Waals surface area (Å²) in [7, 11) is 0. The Morgan fingerprint density at radius 2 is 2.39 bits per heavy atom. The first-order valence-electron chi connectivity index (χ1n) is 5.40. The molecule has 7 nitrogen and oxygen atoms in total. The quantitative estimate of drug-likeness (QED) is 0.680. The molecule has 1 aromatic heterocycles. The van der Waals surface area contributed by atoms with E-state index < -0.39 is 5.97 Å². The van der Waals surface area contributed by atoms with Crippen molar-refractivity contribution >= 4 is 11.8 Å². The summed E-state index contributed by atoms with van der Waals surface area (Å²) < 4.78 is 5.10. The summed E-state index contributed by atoms with van der Waals surface area (Å²) in [6.45, 7) is 2.70. The summed E-state index contributed by atoms with van der Waals surface area (Å²) in [6.07, 6.45) is 1.44. The van der Waals surface area contributed by atoms with Crippen molar-refractivity contribution in [2.45, 2.75) is 13.3 Å². The minimum Gasteiger partial charge on any atom is -0.481 e. The van der Waals surface area contributed by atoms with E-state index in [1.165, 1.54) is 6.20 Å². The van der Waals surface area contributed by atoms with Gasteiger partial charge in [-0.2, -0.15) is 5.26 Å². The fourth-order valence-electron chi connectivity index (χ4n) is 1.19. The van der Waals surface area contributed by atoms with E-state index in [0.717, 1.165) is 0 Å². The molecule has 0 amide bonds. The molecule has 7 heteroatoms. The second-order valence-electron chi connectivity index (χ2n) is 3.47. The molecule has 0 saturated heterocycles. The van der Waals surface area contributed by atoms with Gasteiger partial charge < -0.3 is 15.2 Å². The number of nitriles is 1. The molecule has 0 radical (unpaired) electrons. The SMILES string of the molecule is Cc1ncc(C#N)c(NCCOCCC(=O)O)n1. The number of ether oxygens (including phenoxy) is 1. The molecule has 0 aliphatic carbocycles. The van der Waals surface area contributed by atoms with Gasteiger partial charge in [0.15, 0.2) is 0 Å². The lowest BCUT2D eigenvalue weighted by molar-refractivity contribution is -0.138. The summed E-state index contributed by atoms with van der Waals surface area (Å²) in [6, 6.07) is 1.98. The number of aliphatic carboxylic acids is 1. The van der Waals surface area contributed by atoms with Gasteiger partial charge in [0.05, 0.1) is 25.8 Å². The molecule has 0 aromatic carbocycles. The Labute approximate surface area is 104 Å². The fourth-order valence-corrected chi connectivity index (χ4v) is 1.19. The molecule has 0 fully saturated rings. The Kier molecular flexibility index (Phi) is 5.54. The number of carboxylic acid groups (broad SMARTS) is 1. The molecule has 0 aliphatic rings. The van der Waals surface area contributed by atoms with Crippen LogP contribution < -0.4 is 5.32 Å². The van der Waals surface area contributed by atoms with Crippen molar-refractivity contribution in [3.8, 4) is 6.07 Å². The number of aromatic nitrogens is 2. The van der Waals surface area contributed by atoms with Crippen LogP contribution in [0.1, 0.15) is 17.8 Å². The molecule has 0 bridgehead atoms. The van der Waals surface area contributed by atoms with Crippen LogP contribution in [-0.2, 0) is 9.53 Å². The number of rotatable bonds is 7. The van der Waals surface area contributed by atoms with Crippen LogP contribution in [0.5, 0.6) is 0 Å².